The molecular formula is C12H37N. The zero-order valence-corrected chi connectivity index (χ0v) is 9.45. The molecule has 0 aromatic carbocycles. The second-order valence-corrected chi connectivity index (χ2v) is 3.22. The average Bonchev–Trinajstić information content (AvgIpc) is 2.06. The van der Waals surface area contributed by atoms with Crippen LogP contribution in [0.3, 0.4) is 0 Å². The van der Waals surface area contributed by atoms with Gasteiger partial charge in [-0.1, -0.05) is 60.3 Å². The first-order chi connectivity index (χ1) is 5.83. The van der Waals surface area contributed by atoms with E-state index in [1.54, 1.807) is 0 Å². The molecular weight excluding hydrogens is 158 g/mol. The van der Waals surface area contributed by atoms with Crippen LogP contribution in [0.5, 0.6) is 0 Å². The standard InChI is InChI=1S/C8H19N.C3H8.CH4.3H2/c1-3-4-5-6-7-8-9-2;1-3-2;;;;/h9H,3-8H2,1-2H3;3H2,1-2H3;1H4;3*1H. The minimum Gasteiger partial charge on any atom is -0.320 e. The lowest BCUT2D eigenvalue weighted by Crippen LogP contribution is -2.06. The normalized spacial score (nSPS) is 8.31. The molecule has 0 aromatic heterocycles. The molecule has 1 nitrogen and oxygen atoms in total. The molecule has 0 aliphatic rings. The molecule has 0 heterocycles. The molecule has 0 bridgehead atoms. The van der Waals surface area contributed by atoms with Crippen LogP contribution in [0.1, 0.15) is 71.0 Å². The van der Waals surface area contributed by atoms with Gasteiger partial charge in [0.25, 0.3) is 0 Å². The number of hydrogen-bond donors (Lipinski definition) is 1. The second kappa shape index (κ2) is 22.7. The summed E-state index contributed by atoms with van der Waals surface area (Å²) in [7, 11) is 2.01. The highest BCUT2D eigenvalue weighted by Crippen LogP contribution is 2.00. The van der Waals surface area contributed by atoms with Crippen molar-refractivity contribution in [3.63, 3.8) is 0 Å². The van der Waals surface area contributed by atoms with Crippen LogP contribution in [0, 0.1) is 0 Å². The fourth-order valence-corrected chi connectivity index (χ4v) is 0.905. The van der Waals surface area contributed by atoms with Gasteiger partial charge in [0.2, 0.25) is 0 Å². The van der Waals surface area contributed by atoms with Crippen molar-refractivity contribution in [2.75, 3.05) is 13.6 Å². The van der Waals surface area contributed by atoms with E-state index < -0.39 is 0 Å². The maximum absolute atomic E-state index is 3.14. The molecule has 90 valence electrons. The molecule has 1 heteroatoms. The van der Waals surface area contributed by atoms with Crippen molar-refractivity contribution in [2.24, 2.45) is 0 Å². The first-order valence-electron chi connectivity index (χ1n) is 5.47. The van der Waals surface area contributed by atoms with Crippen molar-refractivity contribution < 1.29 is 4.28 Å². The first kappa shape index (κ1) is 18.7. The number of hydrogen-bond acceptors (Lipinski definition) is 1. The Bertz CT molecular complexity index is 58.2. The van der Waals surface area contributed by atoms with Crippen LogP contribution in [0.4, 0.5) is 0 Å². The Kier molecular flexibility index (Phi) is 32.6. The van der Waals surface area contributed by atoms with Crippen molar-refractivity contribution in [3.05, 3.63) is 0 Å². The Morgan fingerprint density at radius 2 is 1.38 bits per heavy atom. The number of rotatable bonds is 6. The summed E-state index contributed by atoms with van der Waals surface area (Å²) < 4.78 is 0. The van der Waals surface area contributed by atoms with Gasteiger partial charge in [-0.25, -0.2) is 0 Å². The van der Waals surface area contributed by atoms with E-state index in [4.69, 9.17) is 0 Å². The summed E-state index contributed by atoms with van der Waals surface area (Å²) >= 11 is 0. The van der Waals surface area contributed by atoms with E-state index in [0.717, 1.165) is 0 Å². The van der Waals surface area contributed by atoms with Crippen molar-refractivity contribution >= 4 is 0 Å². The van der Waals surface area contributed by atoms with Crippen LogP contribution in [-0.4, -0.2) is 13.6 Å². The molecule has 0 spiro atoms. The third-order valence-corrected chi connectivity index (χ3v) is 1.53. The second-order valence-electron chi connectivity index (χ2n) is 3.22. The molecule has 0 aromatic rings. The van der Waals surface area contributed by atoms with Crippen molar-refractivity contribution in [1.82, 2.24) is 5.32 Å². The van der Waals surface area contributed by atoms with Gasteiger partial charge >= 0.3 is 0 Å². The van der Waals surface area contributed by atoms with E-state index in [1.807, 2.05) is 7.05 Å². The lowest BCUT2D eigenvalue weighted by atomic mass is 10.1. The van der Waals surface area contributed by atoms with Gasteiger partial charge in [0, 0.05) is 4.28 Å². The van der Waals surface area contributed by atoms with Gasteiger partial charge in [-0.15, -0.1) is 0 Å². The summed E-state index contributed by atoms with van der Waals surface area (Å²) in [5, 5.41) is 3.14. The van der Waals surface area contributed by atoms with Crippen LogP contribution in [-0.2, 0) is 0 Å². The van der Waals surface area contributed by atoms with E-state index in [-0.39, 0.29) is 11.7 Å². The van der Waals surface area contributed by atoms with Gasteiger partial charge in [0.1, 0.15) is 0 Å². The molecule has 0 fully saturated rings. The SMILES string of the molecule is C.CCC.CCCCCCCNC.[HH].[HH].[HH]. The molecule has 0 saturated carbocycles. The third-order valence-electron chi connectivity index (χ3n) is 1.53. The molecule has 0 aliphatic heterocycles. The maximum atomic E-state index is 3.14. The highest BCUT2D eigenvalue weighted by atomic mass is 14.8. The van der Waals surface area contributed by atoms with Crippen LogP contribution >= 0.6 is 0 Å². The molecule has 0 saturated heterocycles. The van der Waals surface area contributed by atoms with Gasteiger partial charge in [0.05, 0.1) is 0 Å². The summed E-state index contributed by atoms with van der Waals surface area (Å²) in [6.45, 7) is 7.68. The van der Waals surface area contributed by atoms with Crippen molar-refractivity contribution in [2.45, 2.75) is 66.7 Å². The fourth-order valence-electron chi connectivity index (χ4n) is 0.905. The lowest BCUT2D eigenvalue weighted by Gasteiger charge is -1.97. The largest absolute Gasteiger partial charge is 0.320 e. The highest BCUT2D eigenvalue weighted by molar-refractivity contribution is 4.43. The lowest BCUT2D eigenvalue weighted by molar-refractivity contribution is 0.610. The smallest absolute Gasteiger partial charge is 0 e. The Morgan fingerprint density at radius 3 is 1.77 bits per heavy atom. The molecule has 0 aliphatic carbocycles. The maximum Gasteiger partial charge on any atom is 0 e. The molecule has 1 N–H and O–H groups in total. The van der Waals surface area contributed by atoms with E-state index >= 15 is 0 Å². The summed E-state index contributed by atoms with van der Waals surface area (Å²) in [4.78, 5) is 0. The van der Waals surface area contributed by atoms with E-state index in [0.29, 0.717) is 0 Å². The van der Waals surface area contributed by atoms with Gasteiger partial charge in [-0.2, -0.15) is 0 Å². The molecule has 0 radical (unpaired) electrons. The van der Waals surface area contributed by atoms with E-state index in [9.17, 15) is 0 Å². The predicted molar refractivity (Wildman–Crippen MR) is 71.7 cm³/mol. The minimum absolute atomic E-state index is 0. The Hall–Kier alpha value is -0.0400. The highest BCUT2D eigenvalue weighted by Gasteiger charge is 1.85. The van der Waals surface area contributed by atoms with Gasteiger partial charge in [-0.3, -0.25) is 0 Å². The fraction of sp³-hybridized carbons (Fsp3) is 1.00. The van der Waals surface area contributed by atoms with Crippen LogP contribution < -0.4 is 5.32 Å². The number of unbranched alkanes of at least 4 members (excludes halogenated alkanes) is 4. The monoisotopic (exact) mass is 195 g/mol. The molecule has 0 rings (SSSR count). The summed E-state index contributed by atoms with van der Waals surface area (Å²) in [5.74, 6) is 0. The minimum atomic E-state index is 0. The van der Waals surface area contributed by atoms with Crippen molar-refractivity contribution in [1.29, 1.82) is 0 Å². The molecule has 0 amide bonds. The van der Waals surface area contributed by atoms with Gasteiger partial charge in [-0.05, 0) is 20.0 Å². The van der Waals surface area contributed by atoms with Crippen LogP contribution in [0.2, 0.25) is 0 Å². The van der Waals surface area contributed by atoms with Crippen LogP contribution in [0.25, 0.3) is 0 Å². The van der Waals surface area contributed by atoms with E-state index in [1.165, 1.54) is 45.1 Å². The topological polar surface area (TPSA) is 12.0 Å². The quantitative estimate of drug-likeness (QED) is 0.590. The number of nitrogens with one attached hydrogen (secondary N) is 1. The Labute approximate surface area is 90.8 Å². The predicted octanol–water partition coefficient (Wildman–Crippen LogP) is 4.97. The molecule has 0 unspecified atom stereocenters. The van der Waals surface area contributed by atoms with Gasteiger partial charge < -0.3 is 5.32 Å². The summed E-state index contributed by atoms with van der Waals surface area (Å²) in [6.07, 6.45) is 8.16. The molecule has 13 heavy (non-hydrogen) atoms. The third kappa shape index (κ3) is 33.4. The Morgan fingerprint density at radius 1 is 0.923 bits per heavy atom. The zero-order valence-electron chi connectivity index (χ0n) is 9.45. The zero-order chi connectivity index (χ0) is 9.66. The summed E-state index contributed by atoms with van der Waals surface area (Å²) in [6, 6.07) is 0. The molecule has 0 atom stereocenters. The van der Waals surface area contributed by atoms with Gasteiger partial charge in [0.15, 0.2) is 0 Å². The Balaban J connectivity index is -0.0000000324. The van der Waals surface area contributed by atoms with Crippen LogP contribution in [0.15, 0.2) is 0 Å². The van der Waals surface area contributed by atoms with E-state index in [2.05, 4.69) is 26.1 Å². The average molecular weight is 195 g/mol. The van der Waals surface area contributed by atoms with Crippen molar-refractivity contribution in [3.8, 4) is 0 Å². The first-order valence-corrected chi connectivity index (χ1v) is 5.47. The summed E-state index contributed by atoms with van der Waals surface area (Å²) in [5.41, 5.74) is 0.